The van der Waals surface area contributed by atoms with Gasteiger partial charge in [0.15, 0.2) is 0 Å². The van der Waals surface area contributed by atoms with E-state index in [2.05, 4.69) is 5.32 Å². The molecule has 2 rings (SSSR count). The minimum Gasteiger partial charge on any atom is -0.447 e. The summed E-state index contributed by atoms with van der Waals surface area (Å²) in [6.07, 6.45) is -5.17. The largest absolute Gasteiger partial charge is 0.447 e. The first-order chi connectivity index (χ1) is 9.79. The van der Waals surface area contributed by atoms with Crippen molar-refractivity contribution in [1.82, 2.24) is 5.32 Å². The standard InChI is InChI=1S/C13H14F4N2O2/c1-2-19(6-10-7-21-12(20)18-10)11-4-8(13(15,16)17)3-9(14)5-11/h3-5,10H,2,6-7H2,1H3,(H,18,20)/t10-/m1/s1. The van der Waals surface area contributed by atoms with Crippen LogP contribution in [0.15, 0.2) is 18.2 Å². The number of anilines is 1. The van der Waals surface area contributed by atoms with Gasteiger partial charge in [-0.1, -0.05) is 0 Å². The average molecular weight is 306 g/mol. The maximum Gasteiger partial charge on any atom is 0.416 e. The second-order valence-corrected chi connectivity index (χ2v) is 4.67. The summed E-state index contributed by atoms with van der Waals surface area (Å²) in [5, 5.41) is 2.53. The molecular weight excluding hydrogens is 292 g/mol. The molecule has 1 amide bonds. The molecule has 21 heavy (non-hydrogen) atoms. The number of likely N-dealkylation sites (N-methyl/N-ethyl adjacent to an activating group) is 1. The first-order valence-electron chi connectivity index (χ1n) is 6.35. The molecule has 0 spiro atoms. The monoisotopic (exact) mass is 306 g/mol. The zero-order chi connectivity index (χ0) is 15.6. The van der Waals surface area contributed by atoms with Gasteiger partial charge < -0.3 is 15.0 Å². The third-order valence-corrected chi connectivity index (χ3v) is 3.14. The fourth-order valence-electron chi connectivity index (χ4n) is 2.13. The minimum absolute atomic E-state index is 0.117. The summed E-state index contributed by atoms with van der Waals surface area (Å²) < 4.78 is 56.3. The Balaban J connectivity index is 2.21. The van der Waals surface area contributed by atoms with Crippen molar-refractivity contribution in [3.05, 3.63) is 29.6 Å². The number of carbonyl (C=O) groups is 1. The number of hydrogen-bond donors (Lipinski definition) is 1. The number of ether oxygens (including phenoxy) is 1. The lowest BCUT2D eigenvalue weighted by Gasteiger charge is -2.26. The van der Waals surface area contributed by atoms with Crippen LogP contribution in [0.2, 0.25) is 0 Å². The molecule has 1 aromatic rings. The van der Waals surface area contributed by atoms with Gasteiger partial charge in [-0.05, 0) is 25.1 Å². The van der Waals surface area contributed by atoms with Crippen molar-refractivity contribution in [3.63, 3.8) is 0 Å². The normalized spacial score (nSPS) is 18.3. The zero-order valence-electron chi connectivity index (χ0n) is 11.2. The summed E-state index contributed by atoms with van der Waals surface area (Å²) in [4.78, 5) is 12.5. The van der Waals surface area contributed by atoms with Crippen LogP contribution >= 0.6 is 0 Å². The number of alkyl halides is 3. The Kier molecular flexibility index (Phi) is 4.24. The number of hydrogen-bond acceptors (Lipinski definition) is 3. The maximum absolute atomic E-state index is 13.4. The molecule has 0 aliphatic carbocycles. The molecule has 116 valence electrons. The van der Waals surface area contributed by atoms with E-state index in [4.69, 9.17) is 4.74 Å². The number of halogens is 4. The van der Waals surface area contributed by atoms with Crippen molar-refractivity contribution in [1.29, 1.82) is 0 Å². The Morgan fingerprint density at radius 3 is 2.62 bits per heavy atom. The number of carbonyl (C=O) groups excluding carboxylic acids is 1. The number of nitrogens with zero attached hydrogens (tertiary/aromatic N) is 1. The van der Waals surface area contributed by atoms with Gasteiger partial charge in [0.05, 0.1) is 11.6 Å². The molecule has 4 nitrogen and oxygen atoms in total. The number of benzene rings is 1. The van der Waals surface area contributed by atoms with Crippen LogP contribution in [0, 0.1) is 5.82 Å². The summed E-state index contributed by atoms with van der Waals surface area (Å²) in [5.74, 6) is -0.954. The number of alkyl carbamates (subject to hydrolysis) is 1. The fraction of sp³-hybridized carbons (Fsp3) is 0.462. The first-order valence-corrected chi connectivity index (χ1v) is 6.35. The predicted octanol–water partition coefficient (Wildman–Crippen LogP) is 2.78. The van der Waals surface area contributed by atoms with Gasteiger partial charge in [-0.3, -0.25) is 0 Å². The van der Waals surface area contributed by atoms with Crippen LogP contribution in [0.4, 0.5) is 28.0 Å². The summed E-state index contributed by atoms with van der Waals surface area (Å²) in [6.45, 7) is 2.47. The van der Waals surface area contributed by atoms with E-state index in [-0.39, 0.29) is 24.9 Å². The number of nitrogens with one attached hydrogen (secondary N) is 1. The van der Waals surface area contributed by atoms with Crippen molar-refractivity contribution in [2.24, 2.45) is 0 Å². The van der Waals surface area contributed by atoms with Crippen molar-refractivity contribution >= 4 is 11.8 Å². The van der Waals surface area contributed by atoms with Crippen LogP contribution in [0.1, 0.15) is 12.5 Å². The van der Waals surface area contributed by atoms with Gasteiger partial charge in [0.2, 0.25) is 0 Å². The second-order valence-electron chi connectivity index (χ2n) is 4.67. The first kappa shape index (κ1) is 15.4. The molecule has 1 atom stereocenters. The van der Waals surface area contributed by atoms with Gasteiger partial charge in [0, 0.05) is 18.8 Å². The minimum atomic E-state index is -4.61. The van der Waals surface area contributed by atoms with Crippen LogP contribution in [0.25, 0.3) is 0 Å². The third-order valence-electron chi connectivity index (χ3n) is 3.14. The van der Waals surface area contributed by atoms with E-state index < -0.39 is 23.7 Å². The quantitative estimate of drug-likeness (QED) is 0.870. The molecule has 1 N–H and O–H groups in total. The van der Waals surface area contributed by atoms with Gasteiger partial charge in [-0.2, -0.15) is 13.2 Å². The number of amides is 1. The van der Waals surface area contributed by atoms with E-state index in [0.29, 0.717) is 12.6 Å². The van der Waals surface area contributed by atoms with Crippen LogP contribution < -0.4 is 10.2 Å². The van der Waals surface area contributed by atoms with Gasteiger partial charge >= 0.3 is 12.3 Å². The highest BCUT2D eigenvalue weighted by Crippen LogP contribution is 2.32. The Morgan fingerprint density at radius 2 is 2.10 bits per heavy atom. The zero-order valence-corrected chi connectivity index (χ0v) is 11.2. The Hall–Kier alpha value is -1.99. The Labute approximate surface area is 118 Å². The van der Waals surface area contributed by atoms with Crippen molar-refractivity contribution in [2.45, 2.75) is 19.1 Å². The van der Waals surface area contributed by atoms with Crippen LogP contribution in [-0.4, -0.2) is 31.8 Å². The maximum atomic E-state index is 13.4. The van der Waals surface area contributed by atoms with Crippen LogP contribution in [-0.2, 0) is 10.9 Å². The van der Waals surface area contributed by atoms with Crippen molar-refractivity contribution in [3.8, 4) is 0 Å². The van der Waals surface area contributed by atoms with Gasteiger partial charge in [-0.25, -0.2) is 9.18 Å². The van der Waals surface area contributed by atoms with Crippen LogP contribution in [0.5, 0.6) is 0 Å². The molecule has 8 heteroatoms. The molecule has 1 aromatic carbocycles. The lowest BCUT2D eigenvalue weighted by molar-refractivity contribution is -0.137. The molecular formula is C13H14F4N2O2. The highest BCUT2D eigenvalue weighted by Gasteiger charge is 2.32. The van der Waals surface area contributed by atoms with E-state index in [9.17, 15) is 22.4 Å². The van der Waals surface area contributed by atoms with E-state index in [1.165, 1.54) is 0 Å². The lowest BCUT2D eigenvalue weighted by Crippen LogP contribution is -2.40. The molecule has 1 saturated heterocycles. The van der Waals surface area contributed by atoms with E-state index in [0.717, 1.165) is 12.1 Å². The van der Waals surface area contributed by atoms with E-state index in [1.807, 2.05) is 0 Å². The van der Waals surface area contributed by atoms with E-state index in [1.54, 1.807) is 11.8 Å². The molecule has 0 aromatic heterocycles. The molecule has 1 fully saturated rings. The summed E-state index contributed by atoms with van der Waals surface area (Å²) in [7, 11) is 0. The van der Waals surface area contributed by atoms with Gasteiger partial charge in [0.1, 0.15) is 12.4 Å². The molecule has 1 heterocycles. The SMILES string of the molecule is CCN(C[C@@H]1COC(=O)N1)c1cc(F)cc(C(F)(F)F)c1. The fourth-order valence-corrected chi connectivity index (χ4v) is 2.13. The van der Waals surface area contributed by atoms with Crippen molar-refractivity contribution < 1.29 is 27.1 Å². The highest BCUT2D eigenvalue weighted by atomic mass is 19.4. The van der Waals surface area contributed by atoms with Gasteiger partial charge in [0.25, 0.3) is 0 Å². The highest BCUT2D eigenvalue weighted by molar-refractivity contribution is 5.69. The van der Waals surface area contributed by atoms with Gasteiger partial charge in [-0.15, -0.1) is 0 Å². The summed E-state index contributed by atoms with van der Waals surface area (Å²) in [5.41, 5.74) is -0.923. The molecule has 0 bridgehead atoms. The van der Waals surface area contributed by atoms with Crippen LogP contribution in [0.3, 0.4) is 0 Å². The molecule has 0 radical (unpaired) electrons. The molecule has 0 unspecified atom stereocenters. The predicted molar refractivity (Wildman–Crippen MR) is 67.6 cm³/mol. The Morgan fingerprint density at radius 1 is 1.38 bits per heavy atom. The second kappa shape index (κ2) is 5.79. The smallest absolute Gasteiger partial charge is 0.416 e. The Bertz CT molecular complexity index is 533. The van der Waals surface area contributed by atoms with Crippen molar-refractivity contribution in [2.75, 3.05) is 24.6 Å². The van der Waals surface area contributed by atoms with E-state index >= 15 is 0 Å². The molecule has 1 aliphatic heterocycles. The lowest BCUT2D eigenvalue weighted by atomic mass is 10.1. The summed E-state index contributed by atoms with van der Waals surface area (Å²) in [6, 6.07) is 2.05. The third kappa shape index (κ3) is 3.77. The average Bonchev–Trinajstić information content (AvgIpc) is 2.79. The molecule has 0 saturated carbocycles. The summed E-state index contributed by atoms with van der Waals surface area (Å²) >= 11 is 0. The topological polar surface area (TPSA) is 41.6 Å². The number of rotatable bonds is 4. The molecule has 1 aliphatic rings. The number of cyclic esters (lactones) is 1.